The molecule has 1 saturated heterocycles. The fourth-order valence-electron chi connectivity index (χ4n) is 3.65. The maximum Gasteiger partial charge on any atom is 0.253 e. The zero-order valence-corrected chi connectivity index (χ0v) is 15.4. The third-order valence-electron chi connectivity index (χ3n) is 5.10. The number of fused-ring (bicyclic) bond motifs is 1. The van der Waals surface area contributed by atoms with Crippen molar-refractivity contribution in [3.8, 4) is 0 Å². The zero-order valence-electron chi connectivity index (χ0n) is 15.4. The van der Waals surface area contributed by atoms with Crippen LogP contribution < -0.4 is 5.32 Å². The number of hydrogen-bond acceptors (Lipinski definition) is 2. The fourth-order valence-corrected chi connectivity index (χ4v) is 3.65. The van der Waals surface area contributed by atoms with Gasteiger partial charge in [0.25, 0.3) is 5.91 Å². The molecule has 0 atom stereocenters. The van der Waals surface area contributed by atoms with E-state index >= 15 is 0 Å². The molecule has 1 aliphatic heterocycles. The number of amides is 1. The SMILES string of the molecule is CNC(=O)c1cn(C)c2c(C3CCOCC3)cc(C(C)(C)C)cc12. The second kappa shape index (κ2) is 6.25. The number of benzene rings is 1. The van der Waals surface area contributed by atoms with E-state index in [2.05, 4.69) is 42.8 Å². The second-order valence-electron chi connectivity index (χ2n) is 7.83. The van der Waals surface area contributed by atoms with E-state index in [-0.39, 0.29) is 11.3 Å². The van der Waals surface area contributed by atoms with Gasteiger partial charge in [-0.15, -0.1) is 0 Å². The average Bonchev–Trinajstić information content (AvgIpc) is 2.90. The summed E-state index contributed by atoms with van der Waals surface area (Å²) in [5.74, 6) is 0.472. The van der Waals surface area contributed by atoms with Crippen LogP contribution in [0.1, 0.15) is 61.0 Å². The van der Waals surface area contributed by atoms with Crippen LogP contribution in [-0.4, -0.2) is 30.7 Å². The summed E-state index contributed by atoms with van der Waals surface area (Å²) in [6.45, 7) is 8.32. The van der Waals surface area contributed by atoms with Gasteiger partial charge in [-0.05, 0) is 41.4 Å². The molecule has 0 aliphatic carbocycles. The Hall–Kier alpha value is -1.81. The third-order valence-corrected chi connectivity index (χ3v) is 5.10. The molecule has 0 radical (unpaired) electrons. The van der Waals surface area contributed by atoms with Crippen molar-refractivity contribution in [2.75, 3.05) is 20.3 Å². The number of aromatic nitrogens is 1. The molecule has 4 heteroatoms. The van der Waals surface area contributed by atoms with Crippen LogP contribution in [0, 0.1) is 0 Å². The molecule has 130 valence electrons. The Balaban J connectivity index is 2.28. The Morgan fingerprint density at radius 1 is 1.25 bits per heavy atom. The van der Waals surface area contributed by atoms with E-state index in [0.29, 0.717) is 5.92 Å². The van der Waals surface area contributed by atoms with Gasteiger partial charge in [0.15, 0.2) is 0 Å². The first-order valence-electron chi connectivity index (χ1n) is 8.76. The van der Waals surface area contributed by atoms with Crippen LogP contribution in [0.3, 0.4) is 0 Å². The van der Waals surface area contributed by atoms with Crippen LogP contribution >= 0.6 is 0 Å². The maximum atomic E-state index is 12.3. The van der Waals surface area contributed by atoms with Crippen molar-refractivity contribution in [2.24, 2.45) is 7.05 Å². The molecule has 1 aromatic heterocycles. The topological polar surface area (TPSA) is 43.3 Å². The smallest absolute Gasteiger partial charge is 0.253 e. The van der Waals surface area contributed by atoms with Crippen molar-refractivity contribution in [1.29, 1.82) is 0 Å². The van der Waals surface area contributed by atoms with E-state index in [9.17, 15) is 4.79 Å². The minimum atomic E-state index is -0.0235. The molecule has 1 aliphatic rings. The highest BCUT2D eigenvalue weighted by molar-refractivity contribution is 6.08. The normalized spacial score (nSPS) is 16.5. The molecule has 3 rings (SSSR count). The Morgan fingerprint density at radius 2 is 1.92 bits per heavy atom. The molecule has 2 heterocycles. The molecule has 0 unspecified atom stereocenters. The fraction of sp³-hybridized carbons (Fsp3) is 0.550. The standard InChI is InChI=1S/C20H28N2O2/c1-20(2,3)14-10-15(13-6-8-24-9-7-13)18-16(11-14)17(12-22(18)5)19(23)21-4/h10-13H,6-9H2,1-5H3,(H,21,23). The molecule has 24 heavy (non-hydrogen) atoms. The van der Waals surface area contributed by atoms with Crippen LogP contribution in [0.15, 0.2) is 18.3 Å². The van der Waals surface area contributed by atoms with Gasteiger partial charge in [0, 0.05) is 38.9 Å². The van der Waals surface area contributed by atoms with Gasteiger partial charge in [-0.1, -0.05) is 26.8 Å². The quantitative estimate of drug-likeness (QED) is 0.913. The molecule has 1 N–H and O–H groups in total. The maximum absolute atomic E-state index is 12.3. The largest absolute Gasteiger partial charge is 0.381 e. The lowest BCUT2D eigenvalue weighted by molar-refractivity contribution is 0.0855. The van der Waals surface area contributed by atoms with Crippen LogP contribution in [0.25, 0.3) is 10.9 Å². The molecule has 0 spiro atoms. The lowest BCUT2D eigenvalue weighted by Gasteiger charge is -2.27. The van der Waals surface area contributed by atoms with E-state index in [1.165, 1.54) is 16.6 Å². The highest BCUT2D eigenvalue weighted by atomic mass is 16.5. The van der Waals surface area contributed by atoms with Gasteiger partial charge < -0.3 is 14.6 Å². The zero-order chi connectivity index (χ0) is 17.5. The number of aryl methyl sites for hydroxylation is 1. The number of ether oxygens (including phenoxy) is 1. The number of carbonyl (C=O) groups is 1. The van der Waals surface area contributed by atoms with Crippen molar-refractivity contribution >= 4 is 16.8 Å². The first kappa shape index (κ1) is 17.0. The van der Waals surface area contributed by atoms with Crippen molar-refractivity contribution in [3.05, 3.63) is 35.0 Å². The van der Waals surface area contributed by atoms with Crippen LogP contribution in [0.2, 0.25) is 0 Å². The molecule has 1 fully saturated rings. The Bertz CT molecular complexity index is 762. The van der Waals surface area contributed by atoms with Gasteiger partial charge in [0.2, 0.25) is 0 Å². The van der Waals surface area contributed by atoms with E-state index in [1.807, 2.05) is 13.2 Å². The van der Waals surface area contributed by atoms with Crippen LogP contribution in [-0.2, 0) is 17.2 Å². The summed E-state index contributed by atoms with van der Waals surface area (Å²) in [6.07, 6.45) is 4.05. The monoisotopic (exact) mass is 328 g/mol. The average molecular weight is 328 g/mol. The Labute approximate surface area is 144 Å². The minimum absolute atomic E-state index is 0.0235. The van der Waals surface area contributed by atoms with E-state index in [0.717, 1.165) is 37.0 Å². The third kappa shape index (κ3) is 2.95. The molecule has 0 saturated carbocycles. The second-order valence-corrected chi connectivity index (χ2v) is 7.83. The highest BCUT2D eigenvalue weighted by Gasteiger charge is 2.25. The summed E-state index contributed by atoms with van der Waals surface area (Å²) in [5.41, 5.74) is 4.64. The number of hydrogen-bond donors (Lipinski definition) is 1. The summed E-state index contributed by atoms with van der Waals surface area (Å²) < 4.78 is 7.66. The van der Waals surface area contributed by atoms with Gasteiger partial charge in [-0.25, -0.2) is 0 Å². The lowest BCUT2D eigenvalue weighted by atomic mass is 9.81. The highest BCUT2D eigenvalue weighted by Crippen LogP contribution is 2.38. The Kier molecular flexibility index (Phi) is 4.43. The van der Waals surface area contributed by atoms with Gasteiger partial charge >= 0.3 is 0 Å². The molecule has 1 amide bonds. The van der Waals surface area contributed by atoms with E-state index in [4.69, 9.17) is 4.74 Å². The van der Waals surface area contributed by atoms with Crippen LogP contribution in [0.4, 0.5) is 0 Å². The van der Waals surface area contributed by atoms with Gasteiger partial charge in [0.1, 0.15) is 0 Å². The predicted octanol–water partition coefficient (Wildman–Crippen LogP) is 3.73. The van der Waals surface area contributed by atoms with Crippen molar-refractivity contribution in [3.63, 3.8) is 0 Å². The van der Waals surface area contributed by atoms with Crippen molar-refractivity contribution < 1.29 is 9.53 Å². The van der Waals surface area contributed by atoms with Gasteiger partial charge in [-0.3, -0.25) is 4.79 Å². The first-order valence-corrected chi connectivity index (χ1v) is 8.76. The van der Waals surface area contributed by atoms with Crippen molar-refractivity contribution in [1.82, 2.24) is 9.88 Å². The molecule has 2 aromatic rings. The molecule has 1 aromatic carbocycles. The molecular weight excluding hydrogens is 300 g/mol. The molecule has 0 bridgehead atoms. The lowest BCUT2D eigenvalue weighted by Crippen LogP contribution is -2.18. The van der Waals surface area contributed by atoms with E-state index in [1.54, 1.807) is 7.05 Å². The van der Waals surface area contributed by atoms with Gasteiger partial charge in [-0.2, -0.15) is 0 Å². The summed E-state index contributed by atoms with van der Waals surface area (Å²) >= 11 is 0. The summed E-state index contributed by atoms with van der Waals surface area (Å²) in [6, 6.07) is 4.55. The number of carbonyl (C=O) groups excluding carboxylic acids is 1. The number of rotatable bonds is 2. The van der Waals surface area contributed by atoms with Gasteiger partial charge in [0.05, 0.1) is 11.1 Å². The summed E-state index contributed by atoms with van der Waals surface area (Å²) in [4.78, 5) is 12.3. The number of nitrogens with zero attached hydrogens (tertiary/aromatic N) is 1. The number of nitrogens with one attached hydrogen (secondary N) is 1. The molecule has 4 nitrogen and oxygen atoms in total. The van der Waals surface area contributed by atoms with Crippen molar-refractivity contribution in [2.45, 2.75) is 44.9 Å². The minimum Gasteiger partial charge on any atom is -0.381 e. The van der Waals surface area contributed by atoms with Crippen LogP contribution in [0.5, 0.6) is 0 Å². The first-order chi connectivity index (χ1) is 11.3. The Morgan fingerprint density at radius 3 is 2.50 bits per heavy atom. The van der Waals surface area contributed by atoms with E-state index < -0.39 is 0 Å². The summed E-state index contributed by atoms with van der Waals surface area (Å²) in [7, 11) is 3.72. The molecular formula is C20H28N2O2. The summed E-state index contributed by atoms with van der Waals surface area (Å²) in [5, 5.41) is 3.83. The predicted molar refractivity (Wildman–Crippen MR) is 97.8 cm³/mol.